The van der Waals surface area contributed by atoms with Crippen LogP contribution in [0, 0.1) is 0 Å². The van der Waals surface area contributed by atoms with Crippen LogP contribution in [0.25, 0.3) is 5.69 Å². The van der Waals surface area contributed by atoms with E-state index in [1.807, 2.05) is 54.6 Å². The molecular weight excluding hydrogens is 318 g/mol. The van der Waals surface area contributed by atoms with E-state index in [1.54, 1.807) is 4.68 Å². The van der Waals surface area contributed by atoms with E-state index in [-0.39, 0.29) is 0 Å². The molecular formula is C14H12BrN5. The van der Waals surface area contributed by atoms with Crippen molar-refractivity contribution >= 4 is 21.9 Å². The zero-order chi connectivity index (χ0) is 13.8. The standard InChI is InChI=1S/C14H12BrN5/c15-13-9-5-4-6-11(13)10-16-14-17-18-19-20(14)12-7-2-1-3-8-12/h1-9H,10H2,(H,16,17,19). The van der Waals surface area contributed by atoms with Gasteiger partial charge in [0.1, 0.15) is 0 Å². The molecule has 20 heavy (non-hydrogen) atoms. The van der Waals surface area contributed by atoms with Gasteiger partial charge in [-0.25, -0.2) is 0 Å². The average Bonchev–Trinajstić information content (AvgIpc) is 2.96. The molecule has 0 aliphatic heterocycles. The number of anilines is 1. The third-order valence-electron chi connectivity index (χ3n) is 2.87. The number of para-hydroxylation sites is 1. The van der Waals surface area contributed by atoms with Crippen molar-refractivity contribution in [1.82, 2.24) is 20.2 Å². The maximum Gasteiger partial charge on any atom is 0.248 e. The smallest absolute Gasteiger partial charge is 0.248 e. The van der Waals surface area contributed by atoms with Crippen LogP contribution < -0.4 is 5.32 Å². The number of nitrogens with zero attached hydrogens (tertiary/aromatic N) is 4. The Kier molecular flexibility index (Phi) is 3.73. The van der Waals surface area contributed by atoms with Gasteiger partial charge in [0.15, 0.2) is 0 Å². The van der Waals surface area contributed by atoms with Crippen LogP contribution in [-0.4, -0.2) is 20.2 Å². The second-order valence-corrected chi connectivity index (χ2v) is 5.05. The highest BCUT2D eigenvalue weighted by Gasteiger charge is 2.07. The molecule has 0 amide bonds. The van der Waals surface area contributed by atoms with Crippen molar-refractivity contribution in [3.05, 3.63) is 64.6 Å². The second kappa shape index (κ2) is 5.83. The highest BCUT2D eigenvalue weighted by molar-refractivity contribution is 9.10. The van der Waals surface area contributed by atoms with Crippen molar-refractivity contribution in [2.75, 3.05) is 5.32 Å². The van der Waals surface area contributed by atoms with Gasteiger partial charge in [-0.15, -0.1) is 0 Å². The fraction of sp³-hybridized carbons (Fsp3) is 0.0714. The minimum atomic E-state index is 0.618. The van der Waals surface area contributed by atoms with Gasteiger partial charge in [0.25, 0.3) is 0 Å². The van der Waals surface area contributed by atoms with E-state index in [0.29, 0.717) is 12.5 Å². The van der Waals surface area contributed by atoms with Crippen LogP contribution in [0.15, 0.2) is 59.1 Å². The fourth-order valence-electron chi connectivity index (χ4n) is 1.86. The minimum absolute atomic E-state index is 0.618. The van der Waals surface area contributed by atoms with Gasteiger partial charge in [-0.3, -0.25) is 0 Å². The first-order valence-electron chi connectivity index (χ1n) is 6.15. The van der Waals surface area contributed by atoms with E-state index in [2.05, 4.69) is 36.8 Å². The minimum Gasteiger partial charge on any atom is -0.349 e. The van der Waals surface area contributed by atoms with Gasteiger partial charge in [0.2, 0.25) is 5.95 Å². The van der Waals surface area contributed by atoms with E-state index in [1.165, 1.54) is 0 Å². The van der Waals surface area contributed by atoms with Crippen molar-refractivity contribution in [2.45, 2.75) is 6.54 Å². The number of halogens is 1. The SMILES string of the molecule is Brc1ccccc1CNc1nnnn1-c1ccccc1. The lowest BCUT2D eigenvalue weighted by molar-refractivity contribution is 0.789. The maximum atomic E-state index is 4.01. The van der Waals surface area contributed by atoms with Crippen molar-refractivity contribution in [1.29, 1.82) is 0 Å². The Morgan fingerprint density at radius 2 is 1.75 bits per heavy atom. The van der Waals surface area contributed by atoms with E-state index >= 15 is 0 Å². The molecule has 1 aromatic heterocycles. The van der Waals surface area contributed by atoms with Gasteiger partial charge in [-0.05, 0) is 34.2 Å². The first-order chi connectivity index (χ1) is 9.84. The lowest BCUT2D eigenvalue weighted by Crippen LogP contribution is -2.07. The molecule has 0 saturated carbocycles. The number of aromatic nitrogens is 4. The molecule has 0 atom stereocenters. The predicted octanol–water partition coefficient (Wildman–Crippen LogP) is 3.04. The fourth-order valence-corrected chi connectivity index (χ4v) is 2.28. The average molecular weight is 330 g/mol. The van der Waals surface area contributed by atoms with Crippen LogP contribution in [0.5, 0.6) is 0 Å². The summed E-state index contributed by atoms with van der Waals surface area (Å²) < 4.78 is 2.74. The summed E-state index contributed by atoms with van der Waals surface area (Å²) in [5.74, 6) is 0.618. The number of tetrazole rings is 1. The topological polar surface area (TPSA) is 55.6 Å². The van der Waals surface area contributed by atoms with Gasteiger partial charge < -0.3 is 5.32 Å². The third kappa shape index (κ3) is 2.70. The van der Waals surface area contributed by atoms with Crippen LogP contribution >= 0.6 is 15.9 Å². The Labute approximate surface area is 124 Å². The van der Waals surface area contributed by atoms with Crippen LogP contribution in [0.4, 0.5) is 5.95 Å². The summed E-state index contributed by atoms with van der Waals surface area (Å²) in [6, 6.07) is 17.8. The summed E-state index contributed by atoms with van der Waals surface area (Å²) in [6.45, 7) is 0.647. The van der Waals surface area contributed by atoms with Gasteiger partial charge >= 0.3 is 0 Å². The number of nitrogens with one attached hydrogen (secondary N) is 1. The monoisotopic (exact) mass is 329 g/mol. The molecule has 3 rings (SSSR count). The lowest BCUT2D eigenvalue weighted by Gasteiger charge is -2.08. The van der Waals surface area contributed by atoms with Crippen molar-refractivity contribution < 1.29 is 0 Å². The summed E-state index contributed by atoms with van der Waals surface area (Å²) in [6.07, 6.45) is 0. The first-order valence-corrected chi connectivity index (χ1v) is 6.95. The van der Waals surface area contributed by atoms with Crippen molar-refractivity contribution in [2.24, 2.45) is 0 Å². The Balaban J connectivity index is 1.80. The molecule has 1 heterocycles. The van der Waals surface area contributed by atoms with Crippen LogP contribution in [0.1, 0.15) is 5.56 Å². The zero-order valence-electron chi connectivity index (χ0n) is 10.6. The molecule has 0 aliphatic carbocycles. The summed E-state index contributed by atoms with van der Waals surface area (Å²) in [5, 5.41) is 15.0. The molecule has 0 saturated heterocycles. The largest absolute Gasteiger partial charge is 0.349 e. The Hall–Kier alpha value is -2.21. The van der Waals surface area contributed by atoms with Crippen LogP contribution in [0.2, 0.25) is 0 Å². The highest BCUT2D eigenvalue weighted by Crippen LogP contribution is 2.17. The molecule has 0 aliphatic rings. The molecule has 0 spiro atoms. The Bertz CT molecular complexity index is 696. The summed E-state index contributed by atoms with van der Waals surface area (Å²) in [5.41, 5.74) is 2.07. The second-order valence-electron chi connectivity index (χ2n) is 4.19. The molecule has 100 valence electrons. The van der Waals surface area contributed by atoms with Gasteiger partial charge in [-0.1, -0.05) is 57.4 Å². The number of rotatable bonds is 4. The number of hydrogen-bond donors (Lipinski definition) is 1. The maximum absolute atomic E-state index is 4.01. The molecule has 1 N–H and O–H groups in total. The quantitative estimate of drug-likeness (QED) is 0.799. The van der Waals surface area contributed by atoms with E-state index in [4.69, 9.17) is 0 Å². The summed E-state index contributed by atoms with van der Waals surface area (Å²) in [4.78, 5) is 0. The van der Waals surface area contributed by atoms with Gasteiger partial charge in [-0.2, -0.15) is 4.68 Å². The first kappa shape index (κ1) is 12.8. The van der Waals surface area contributed by atoms with Crippen LogP contribution in [-0.2, 0) is 6.54 Å². The van der Waals surface area contributed by atoms with E-state index in [9.17, 15) is 0 Å². The highest BCUT2D eigenvalue weighted by atomic mass is 79.9. The van der Waals surface area contributed by atoms with Gasteiger partial charge in [0, 0.05) is 11.0 Å². The third-order valence-corrected chi connectivity index (χ3v) is 3.64. The molecule has 3 aromatic rings. The van der Waals surface area contributed by atoms with Gasteiger partial charge in [0.05, 0.1) is 5.69 Å². The zero-order valence-corrected chi connectivity index (χ0v) is 12.2. The van der Waals surface area contributed by atoms with E-state index in [0.717, 1.165) is 15.7 Å². The number of benzene rings is 2. The Morgan fingerprint density at radius 1 is 1.00 bits per heavy atom. The molecule has 0 unspecified atom stereocenters. The molecule has 6 heteroatoms. The summed E-state index contributed by atoms with van der Waals surface area (Å²) in [7, 11) is 0. The predicted molar refractivity (Wildman–Crippen MR) is 80.6 cm³/mol. The molecule has 0 fully saturated rings. The Morgan fingerprint density at radius 3 is 2.55 bits per heavy atom. The molecule has 5 nitrogen and oxygen atoms in total. The molecule has 2 aromatic carbocycles. The van der Waals surface area contributed by atoms with Crippen molar-refractivity contribution in [3.8, 4) is 5.69 Å². The van der Waals surface area contributed by atoms with Crippen molar-refractivity contribution in [3.63, 3.8) is 0 Å². The summed E-state index contributed by atoms with van der Waals surface area (Å²) >= 11 is 3.53. The normalized spacial score (nSPS) is 10.4. The van der Waals surface area contributed by atoms with Crippen LogP contribution in [0.3, 0.4) is 0 Å². The van der Waals surface area contributed by atoms with E-state index < -0.39 is 0 Å². The lowest BCUT2D eigenvalue weighted by atomic mass is 10.2. The molecule has 0 bridgehead atoms. The molecule has 0 radical (unpaired) electrons. The number of hydrogen-bond acceptors (Lipinski definition) is 4.